The Morgan fingerprint density at radius 2 is 1.95 bits per heavy atom. The number of ether oxygens (including phenoxy) is 2. The van der Waals surface area contributed by atoms with Gasteiger partial charge in [0, 0.05) is 25.2 Å². The van der Waals surface area contributed by atoms with Crippen molar-refractivity contribution in [2.45, 2.75) is 25.8 Å². The summed E-state index contributed by atoms with van der Waals surface area (Å²) in [6.45, 7) is 5.33. The van der Waals surface area contributed by atoms with Gasteiger partial charge in [0.25, 0.3) is 0 Å². The number of hydrogen-bond acceptors (Lipinski definition) is 4. The summed E-state index contributed by atoms with van der Waals surface area (Å²) in [6, 6.07) is 6.63. The van der Waals surface area contributed by atoms with Gasteiger partial charge >= 0.3 is 0 Å². The molecule has 0 radical (unpaired) electrons. The molecule has 0 bridgehead atoms. The van der Waals surface area contributed by atoms with Crippen LogP contribution >= 0.6 is 0 Å². The molecular weight excluding hydrogens is 240 g/mol. The Hall–Kier alpha value is -1.42. The summed E-state index contributed by atoms with van der Waals surface area (Å²) >= 11 is 0. The van der Waals surface area contributed by atoms with E-state index in [1.165, 1.54) is 12.8 Å². The molecule has 1 N–H and O–H groups in total. The van der Waals surface area contributed by atoms with E-state index in [2.05, 4.69) is 23.2 Å². The van der Waals surface area contributed by atoms with Crippen LogP contribution < -0.4 is 19.7 Å². The topological polar surface area (TPSA) is 33.7 Å². The van der Waals surface area contributed by atoms with E-state index in [1.54, 1.807) is 14.2 Å². The average Bonchev–Trinajstić information content (AvgIpc) is 2.47. The highest BCUT2D eigenvalue weighted by molar-refractivity contribution is 5.61. The predicted octanol–water partition coefficient (Wildman–Crippen LogP) is 2.28. The lowest BCUT2D eigenvalue weighted by Gasteiger charge is -2.34. The Morgan fingerprint density at radius 3 is 2.53 bits per heavy atom. The third-order valence-electron chi connectivity index (χ3n) is 3.71. The van der Waals surface area contributed by atoms with Gasteiger partial charge in [-0.25, -0.2) is 0 Å². The summed E-state index contributed by atoms with van der Waals surface area (Å²) < 4.78 is 10.8. The number of methoxy groups -OCH3 is 2. The summed E-state index contributed by atoms with van der Waals surface area (Å²) in [5, 5.41) is 3.53. The van der Waals surface area contributed by atoms with Crippen molar-refractivity contribution < 1.29 is 9.47 Å². The van der Waals surface area contributed by atoms with Crippen LogP contribution in [-0.4, -0.2) is 39.9 Å². The first-order valence-electron chi connectivity index (χ1n) is 6.98. The highest BCUT2D eigenvalue weighted by Crippen LogP contribution is 2.33. The van der Waals surface area contributed by atoms with Gasteiger partial charge in [-0.05, 0) is 31.5 Å². The minimum atomic E-state index is 0.651. The Labute approximate surface area is 115 Å². The molecule has 0 atom stereocenters. The van der Waals surface area contributed by atoms with Crippen LogP contribution in [0.25, 0.3) is 0 Å². The smallest absolute Gasteiger partial charge is 0.142 e. The average molecular weight is 264 g/mol. The second-order valence-electron chi connectivity index (χ2n) is 4.86. The van der Waals surface area contributed by atoms with E-state index < -0.39 is 0 Å². The summed E-state index contributed by atoms with van der Waals surface area (Å²) in [5.74, 6) is 1.80. The number of anilines is 1. The van der Waals surface area contributed by atoms with Crippen LogP contribution in [0.4, 0.5) is 5.69 Å². The third kappa shape index (κ3) is 3.32. The molecule has 0 aliphatic carbocycles. The van der Waals surface area contributed by atoms with Crippen LogP contribution in [0.1, 0.15) is 19.8 Å². The Balaban J connectivity index is 2.09. The van der Waals surface area contributed by atoms with Gasteiger partial charge < -0.3 is 19.7 Å². The number of rotatable bonds is 5. The molecule has 1 saturated heterocycles. The lowest BCUT2D eigenvalue weighted by molar-refractivity contribution is 0.394. The van der Waals surface area contributed by atoms with E-state index in [9.17, 15) is 0 Å². The minimum Gasteiger partial charge on any atom is -0.497 e. The van der Waals surface area contributed by atoms with Gasteiger partial charge in [-0.3, -0.25) is 0 Å². The molecule has 0 unspecified atom stereocenters. The van der Waals surface area contributed by atoms with Crippen molar-refractivity contribution in [2.75, 3.05) is 38.8 Å². The van der Waals surface area contributed by atoms with Crippen molar-refractivity contribution in [1.29, 1.82) is 0 Å². The van der Waals surface area contributed by atoms with Crippen molar-refractivity contribution in [3.05, 3.63) is 18.2 Å². The predicted molar refractivity (Wildman–Crippen MR) is 78.5 cm³/mol. The number of piperidine rings is 1. The number of hydrogen-bond donors (Lipinski definition) is 1. The van der Waals surface area contributed by atoms with E-state index in [0.717, 1.165) is 36.8 Å². The molecule has 0 amide bonds. The normalized spacial score (nSPS) is 16.5. The fraction of sp³-hybridized carbons (Fsp3) is 0.600. The van der Waals surface area contributed by atoms with E-state index in [-0.39, 0.29) is 0 Å². The second-order valence-corrected chi connectivity index (χ2v) is 4.86. The van der Waals surface area contributed by atoms with Crippen molar-refractivity contribution in [3.63, 3.8) is 0 Å². The second kappa shape index (κ2) is 6.66. The number of benzene rings is 1. The number of nitrogens with one attached hydrogen (secondary N) is 1. The molecule has 1 aromatic carbocycles. The summed E-state index contributed by atoms with van der Waals surface area (Å²) in [5.41, 5.74) is 1.14. The van der Waals surface area contributed by atoms with Crippen LogP contribution in [0.3, 0.4) is 0 Å². The molecule has 4 heteroatoms. The molecule has 19 heavy (non-hydrogen) atoms. The zero-order chi connectivity index (χ0) is 13.7. The molecule has 1 aliphatic rings. The third-order valence-corrected chi connectivity index (χ3v) is 3.71. The SMILES string of the molecule is CCNC1CCN(c2cc(OC)ccc2OC)CC1. The lowest BCUT2D eigenvalue weighted by atomic mass is 10.0. The monoisotopic (exact) mass is 264 g/mol. The van der Waals surface area contributed by atoms with Gasteiger partial charge in [0.05, 0.1) is 19.9 Å². The molecule has 1 heterocycles. The van der Waals surface area contributed by atoms with Crippen LogP contribution in [0.2, 0.25) is 0 Å². The first-order valence-corrected chi connectivity index (χ1v) is 6.98. The Morgan fingerprint density at radius 1 is 1.21 bits per heavy atom. The summed E-state index contributed by atoms with van der Waals surface area (Å²) in [6.07, 6.45) is 2.35. The zero-order valence-corrected chi connectivity index (χ0v) is 12.1. The molecule has 2 rings (SSSR count). The van der Waals surface area contributed by atoms with Crippen LogP contribution in [-0.2, 0) is 0 Å². The fourth-order valence-electron chi connectivity index (χ4n) is 2.66. The molecule has 0 aromatic heterocycles. The maximum absolute atomic E-state index is 5.46. The van der Waals surface area contributed by atoms with Crippen molar-refractivity contribution in [2.24, 2.45) is 0 Å². The first kappa shape index (κ1) is 14.0. The highest BCUT2D eigenvalue weighted by Gasteiger charge is 2.21. The van der Waals surface area contributed by atoms with E-state index >= 15 is 0 Å². The van der Waals surface area contributed by atoms with Crippen molar-refractivity contribution in [3.8, 4) is 11.5 Å². The maximum Gasteiger partial charge on any atom is 0.142 e. The van der Waals surface area contributed by atoms with Crippen LogP contribution in [0, 0.1) is 0 Å². The largest absolute Gasteiger partial charge is 0.497 e. The number of nitrogens with zero attached hydrogens (tertiary/aromatic N) is 1. The van der Waals surface area contributed by atoms with Gasteiger partial charge in [-0.2, -0.15) is 0 Å². The lowest BCUT2D eigenvalue weighted by Crippen LogP contribution is -2.42. The molecule has 1 aromatic rings. The van der Waals surface area contributed by atoms with E-state index in [0.29, 0.717) is 6.04 Å². The van der Waals surface area contributed by atoms with E-state index in [4.69, 9.17) is 9.47 Å². The molecule has 1 fully saturated rings. The van der Waals surface area contributed by atoms with Gasteiger partial charge in [-0.1, -0.05) is 6.92 Å². The molecule has 1 aliphatic heterocycles. The molecule has 0 saturated carbocycles. The minimum absolute atomic E-state index is 0.651. The van der Waals surface area contributed by atoms with Gasteiger partial charge in [0.1, 0.15) is 11.5 Å². The molecule has 4 nitrogen and oxygen atoms in total. The highest BCUT2D eigenvalue weighted by atomic mass is 16.5. The van der Waals surface area contributed by atoms with Crippen LogP contribution in [0.5, 0.6) is 11.5 Å². The molecular formula is C15H24N2O2. The van der Waals surface area contributed by atoms with Crippen LogP contribution in [0.15, 0.2) is 18.2 Å². The van der Waals surface area contributed by atoms with Crippen molar-refractivity contribution in [1.82, 2.24) is 5.32 Å². The fourth-order valence-corrected chi connectivity index (χ4v) is 2.66. The van der Waals surface area contributed by atoms with Gasteiger partial charge in [0.15, 0.2) is 0 Å². The first-order chi connectivity index (χ1) is 9.28. The molecule has 106 valence electrons. The van der Waals surface area contributed by atoms with E-state index in [1.807, 2.05) is 12.1 Å². The Bertz CT molecular complexity index is 401. The van der Waals surface area contributed by atoms with Gasteiger partial charge in [0.2, 0.25) is 0 Å². The summed E-state index contributed by atoms with van der Waals surface area (Å²) in [4.78, 5) is 2.38. The van der Waals surface area contributed by atoms with Gasteiger partial charge in [-0.15, -0.1) is 0 Å². The maximum atomic E-state index is 5.46. The Kier molecular flexibility index (Phi) is 4.91. The standard InChI is InChI=1S/C15H24N2O2/c1-4-16-12-7-9-17(10-8-12)14-11-13(18-2)5-6-15(14)19-3/h5-6,11-12,16H,4,7-10H2,1-3H3. The van der Waals surface area contributed by atoms with Crippen molar-refractivity contribution >= 4 is 5.69 Å². The molecule has 0 spiro atoms. The quantitative estimate of drug-likeness (QED) is 0.884. The summed E-state index contributed by atoms with van der Waals surface area (Å²) in [7, 11) is 3.42. The zero-order valence-electron chi connectivity index (χ0n) is 12.1.